The molecule has 1 rings (SSSR count). The highest BCUT2D eigenvalue weighted by Gasteiger charge is 2.11. The summed E-state index contributed by atoms with van der Waals surface area (Å²) in [6, 6.07) is 8.67. The van der Waals surface area contributed by atoms with E-state index >= 15 is 0 Å². The van der Waals surface area contributed by atoms with Crippen LogP contribution in [0.25, 0.3) is 0 Å². The molecule has 0 spiro atoms. The highest BCUT2D eigenvalue weighted by atomic mass is 16.3. The minimum Gasteiger partial charge on any atom is -0.392 e. The van der Waals surface area contributed by atoms with E-state index in [1.165, 1.54) is 5.69 Å². The standard InChI is InChI=1S/C14H23NO/c1-11(2)9-15(12(3)4)14-7-5-13(10-16)6-8-14/h5-8,11-12,16H,9-10H2,1-4H3. The topological polar surface area (TPSA) is 23.5 Å². The van der Waals surface area contributed by atoms with E-state index in [4.69, 9.17) is 5.11 Å². The van der Waals surface area contributed by atoms with Crippen molar-refractivity contribution in [1.82, 2.24) is 0 Å². The SMILES string of the molecule is CC(C)CN(c1ccc(CO)cc1)C(C)C. The van der Waals surface area contributed by atoms with Gasteiger partial charge in [-0.15, -0.1) is 0 Å². The number of nitrogens with zero attached hydrogens (tertiary/aromatic N) is 1. The lowest BCUT2D eigenvalue weighted by Crippen LogP contribution is -2.34. The van der Waals surface area contributed by atoms with Crippen LogP contribution < -0.4 is 4.90 Å². The van der Waals surface area contributed by atoms with Crippen LogP contribution in [0.3, 0.4) is 0 Å². The molecule has 90 valence electrons. The molecule has 0 aromatic heterocycles. The van der Waals surface area contributed by atoms with Crippen molar-refractivity contribution in [3.8, 4) is 0 Å². The van der Waals surface area contributed by atoms with Crippen LogP contribution >= 0.6 is 0 Å². The van der Waals surface area contributed by atoms with Crippen molar-refractivity contribution in [2.45, 2.75) is 40.3 Å². The predicted molar refractivity (Wildman–Crippen MR) is 69.7 cm³/mol. The number of hydrogen-bond donors (Lipinski definition) is 1. The second-order valence-electron chi connectivity index (χ2n) is 4.96. The van der Waals surface area contributed by atoms with Crippen molar-refractivity contribution in [2.75, 3.05) is 11.4 Å². The molecule has 0 bridgehead atoms. The minimum atomic E-state index is 0.117. The fraction of sp³-hybridized carbons (Fsp3) is 0.571. The zero-order valence-corrected chi connectivity index (χ0v) is 10.8. The second-order valence-corrected chi connectivity index (χ2v) is 4.96. The van der Waals surface area contributed by atoms with Gasteiger partial charge in [-0.25, -0.2) is 0 Å². The van der Waals surface area contributed by atoms with Crippen LogP contribution in [0.15, 0.2) is 24.3 Å². The second kappa shape index (κ2) is 5.90. The van der Waals surface area contributed by atoms with Crippen molar-refractivity contribution >= 4 is 5.69 Å². The maximum Gasteiger partial charge on any atom is 0.0681 e. The maximum absolute atomic E-state index is 9.01. The van der Waals surface area contributed by atoms with E-state index in [1.807, 2.05) is 12.1 Å². The normalized spacial score (nSPS) is 11.2. The van der Waals surface area contributed by atoms with Gasteiger partial charge in [0.2, 0.25) is 0 Å². The van der Waals surface area contributed by atoms with E-state index < -0.39 is 0 Å². The third kappa shape index (κ3) is 3.53. The van der Waals surface area contributed by atoms with E-state index in [0.717, 1.165) is 12.1 Å². The van der Waals surface area contributed by atoms with E-state index in [-0.39, 0.29) is 6.61 Å². The smallest absolute Gasteiger partial charge is 0.0681 e. The van der Waals surface area contributed by atoms with Gasteiger partial charge in [0, 0.05) is 18.3 Å². The molecule has 0 heterocycles. The lowest BCUT2D eigenvalue weighted by molar-refractivity contribution is 0.282. The first-order valence-corrected chi connectivity index (χ1v) is 6.01. The van der Waals surface area contributed by atoms with Crippen LogP contribution in [-0.2, 0) is 6.61 Å². The van der Waals surface area contributed by atoms with Crippen molar-refractivity contribution in [3.63, 3.8) is 0 Å². The van der Waals surface area contributed by atoms with Crippen LogP contribution in [-0.4, -0.2) is 17.7 Å². The highest BCUT2D eigenvalue weighted by molar-refractivity contribution is 5.48. The molecule has 1 aromatic rings. The van der Waals surface area contributed by atoms with Gasteiger partial charge in [-0.3, -0.25) is 0 Å². The molecule has 0 saturated heterocycles. The molecular weight excluding hydrogens is 198 g/mol. The fourth-order valence-electron chi connectivity index (χ4n) is 1.80. The van der Waals surface area contributed by atoms with Crippen molar-refractivity contribution < 1.29 is 5.11 Å². The van der Waals surface area contributed by atoms with Crippen LogP contribution in [0, 0.1) is 5.92 Å². The zero-order chi connectivity index (χ0) is 12.1. The highest BCUT2D eigenvalue weighted by Crippen LogP contribution is 2.19. The summed E-state index contributed by atoms with van der Waals surface area (Å²) < 4.78 is 0. The van der Waals surface area contributed by atoms with Gasteiger partial charge in [0.25, 0.3) is 0 Å². The first-order valence-electron chi connectivity index (χ1n) is 6.01. The Morgan fingerprint density at radius 3 is 2.00 bits per heavy atom. The molecule has 0 aliphatic rings. The Kier molecular flexibility index (Phi) is 4.81. The summed E-state index contributed by atoms with van der Waals surface area (Å²) in [5.41, 5.74) is 2.21. The lowest BCUT2D eigenvalue weighted by Gasteiger charge is -2.30. The maximum atomic E-state index is 9.01. The first-order chi connectivity index (χ1) is 7.54. The number of rotatable bonds is 5. The number of aliphatic hydroxyl groups excluding tert-OH is 1. The number of anilines is 1. The molecule has 0 aliphatic heterocycles. The molecule has 2 nitrogen and oxygen atoms in total. The monoisotopic (exact) mass is 221 g/mol. The van der Waals surface area contributed by atoms with Gasteiger partial charge in [-0.05, 0) is 37.5 Å². The summed E-state index contributed by atoms with van der Waals surface area (Å²) in [6.07, 6.45) is 0. The molecule has 0 atom stereocenters. The molecular formula is C14H23NO. The van der Waals surface area contributed by atoms with Gasteiger partial charge in [-0.2, -0.15) is 0 Å². The molecule has 0 fully saturated rings. The van der Waals surface area contributed by atoms with Crippen LogP contribution in [0.2, 0.25) is 0 Å². The summed E-state index contributed by atoms with van der Waals surface area (Å²) in [7, 11) is 0. The zero-order valence-electron chi connectivity index (χ0n) is 10.8. The van der Waals surface area contributed by atoms with Crippen LogP contribution in [0.5, 0.6) is 0 Å². The Bertz CT molecular complexity index is 303. The third-order valence-electron chi connectivity index (χ3n) is 2.64. The molecule has 0 radical (unpaired) electrons. The average Bonchev–Trinajstić information content (AvgIpc) is 2.25. The van der Waals surface area contributed by atoms with Crippen LogP contribution in [0.1, 0.15) is 33.3 Å². The van der Waals surface area contributed by atoms with Gasteiger partial charge < -0.3 is 10.0 Å². The van der Waals surface area contributed by atoms with Gasteiger partial charge >= 0.3 is 0 Å². The molecule has 0 saturated carbocycles. The summed E-state index contributed by atoms with van der Waals surface area (Å²) >= 11 is 0. The lowest BCUT2D eigenvalue weighted by atomic mass is 10.1. The molecule has 1 aromatic carbocycles. The Morgan fingerprint density at radius 2 is 1.62 bits per heavy atom. The number of benzene rings is 1. The van der Waals surface area contributed by atoms with Gasteiger partial charge in [0.05, 0.1) is 6.61 Å². The van der Waals surface area contributed by atoms with E-state index in [1.54, 1.807) is 0 Å². The first kappa shape index (κ1) is 13.0. The molecule has 0 aliphatic carbocycles. The van der Waals surface area contributed by atoms with Crippen molar-refractivity contribution in [3.05, 3.63) is 29.8 Å². The molecule has 2 heteroatoms. The minimum absolute atomic E-state index is 0.117. The predicted octanol–water partition coefficient (Wildman–Crippen LogP) is 3.05. The molecule has 0 unspecified atom stereocenters. The Hall–Kier alpha value is -1.02. The fourth-order valence-corrected chi connectivity index (χ4v) is 1.80. The van der Waals surface area contributed by atoms with Crippen molar-refractivity contribution in [2.24, 2.45) is 5.92 Å². The summed E-state index contributed by atoms with van der Waals surface area (Å²) in [5.74, 6) is 0.653. The van der Waals surface area contributed by atoms with E-state index in [2.05, 4.69) is 44.7 Å². The Balaban J connectivity index is 2.84. The molecule has 16 heavy (non-hydrogen) atoms. The largest absolute Gasteiger partial charge is 0.392 e. The quantitative estimate of drug-likeness (QED) is 0.826. The third-order valence-corrected chi connectivity index (χ3v) is 2.64. The van der Waals surface area contributed by atoms with Crippen molar-refractivity contribution in [1.29, 1.82) is 0 Å². The van der Waals surface area contributed by atoms with Crippen LogP contribution in [0.4, 0.5) is 5.69 Å². The Morgan fingerprint density at radius 1 is 1.06 bits per heavy atom. The molecule has 0 amide bonds. The van der Waals surface area contributed by atoms with Gasteiger partial charge in [-0.1, -0.05) is 26.0 Å². The Labute approximate surface area is 98.9 Å². The average molecular weight is 221 g/mol. The van der Waals surface area contributed by atoms with Gasteiger partial charge in [0.15, 0.2) is 0 Å². The summed E-state index contributed by atoms with van der Waals surface area (Å²) in [5, 5.41) is 9.01. The van der Waals surface area contributed by atoms with E-state index in [9.17, 15) is 0 Å². The summed E-state index contributed by atoms with van der Waals surface area (Å²) in [4.78, 5) is 2.39. The summed E-state index contributed by atoms with van der Waals surface area (Å²) in [6.45, 7) is 10.1. The molecule has 1 N–H and O–H groups in total. The number of aliphatic hydroxyl groups is 1. The van der Waals surface area contributed by atoms with Gasteiger partial charge in [0.1, 0.15) is 0 Å². The van der Waals surface area contributed by atoms with E-state index in [0.29, 0.717) is 12.0 Å². The number of hydrogen-bond acceptors (Lipinski definition) is 2.